The van der Waals surface area contributed by atoms with E-state index in [1.165, 1.54) is 41.5 Å². The Morgan fingerprint density at radius 1 is 1.31 bits per heavy atom. The van der Waals surface area contributed by atoms with E-state index in [0.717, 1.165) is 0 Å². The molecule has 0 unspecified atom stereocenters. The molecule has 1 saturated carbocycles. The van der Waals surface area contributed by atoms with Crippen LogP contribution in [0, 0.1) is 11.7 Å². The van der Waals surface area contributed by atoms with Crippen molar-refractivity contribution in [3.8, 4) is 0 Å². The van der Waals surface area contributed by atoms with E-state index in [4.69, 9.17) is 16.7 Å². The molecule has 0 bridgehead atoms. The lowest BCUT2D eigenvalue weighted by Gasteiger charge is -2.19. The van der Waals surface area contributed by atoms with Crippen LogP contribution in [-0.2, 0) is 21.0 Å². The molecule has 0 amide bonds. The number of anilines is 1. The van der Waals surface area contributed by atoms with Crippen LogP contribution in [0.25, 0.3) is 0 Å². The standard InChI is InChI=1S/C21H22ClFN6O6S/c22-15-6-13(23)2-1-11(15)8-29-4-3-16(28-29)19(31)14-7-25-10-26-21(14)27-17-5-12(18(30)20(17)32)9-35-36(24,33)34/h1-4,6-7,10,12,17-18,20,30,32H,5,8-9H2,(H2,24,33,34)(H,25,26,27)/t12-,17-,18-,20+/m1/s1. The maximum atomic E-state index is 13.3. The number of nitrogens with one attached hydrogen (secondary N) is 1. The normalized spacial score (nSPS) is 22.0. The van der Waals surface area contributed by atoms with Crippen LogP contribution in [0.4, 0.5) is 10.2 Å². The highest BCUT2D eigenvalue weighted by Crippen LogP contribution is 2.30. The van der Waals surface area contributed by atoms with Crippen molar-refractivity contribution in [2.24, 2.45) is 11.1 Å². The van der Waals surface area contributed by atoms with Gasteiger partial charge < -0.3 is 15.5 Å². The number of hydrogen-bond donors (Lipinski definition) is 4. The molecule has 4 rings (SSSR count). The van der Waals surface area contributed by atoms with Gasteiger partial charge in [0.15, 0.2) is 0 Å². The van der Waals surface area contributed by atoms with Gasteiger partial charge >= 0.3 is 10.3 Å². The maximum absolute atomic E-state index is 13.3. The minimum absolute atomic E-state index is 0.0634. The van der Waals surface area contributed by atoms with Gasteiger partial charge in [-0.15, -0.1) is 0 Å². The molecule has 15 heteroatoms. The molecule has 0 spiro atoms. The molecule has 0 radical (unpaired) electrons. The molecule has 36 heavy (non-hydrogen) atoms. The van der Waals surface area contributed by atoms with Crippen molar-refractivity contribution < 1.29 is 32.0 Å². The highest BCUT2D eigenvalue weighted by Gasteiger charge is 2.42. The molecule has 4 atom stereocenters. The summed E-state index contributed by atoms with van der Waals surface area (Å²) >= 11 is 6.07. The third-order valence-corrected chi connectivity index (χ3v) is 6.56. The molecule has 2 heterocycles. The van der Waals surface area contributed by atoms with Crippen LogP contribution in [0.3, 0.4) is 0 Å². The first-order valence-corrected chi connectivity index (χ1v) is 12.5. The quantitative estimate of drug-likeness (QED) is 0.278. The molecule has 1 aliphatic carbocycles. The highest BCUT2D eigenvalue weighted by molar-refractivity contribution is 7.84. The van der Waals surface area contributed by atoms with Gasteiger partial charge in [-0.25, -0.2) is 19.5 Å². The molecule has 0 aliphatic heterocycles. The van der Waals surface area contributed by atoms with Crippen molar-refractivity contribution in [3.63, 3.8) is 0 Å². The average Bonchev–Trinajstić information content (AvgIpc) is 3.39. The zero-order valence-corrected chi connectivity index (χ0v) is 20.1. The lowest BCUT2D eigenvalue weighted by molar-refractivity contribution is 0.00778. The number of aliphatic hydroxyl groups is 2. The van der Waals surface area contributed by atoms with Crippen molar-refractivity contribution in [1.29, 1.82) is 0 Å². The van der Waals surface area contributed by atoms with Crippen molar-refractivity contribution in [1.82, 2.24) is 19.7 Å². The average molecular weight is 541 g/mol. The Hall–Kier alpha value is -3.01. The summed E-state index contributed by atoms with van der Waals surface area (Å²) in [7, 11) is -4.21. The van der Waals surface area contributed by atoms with E-state index in [0.29, 0.717) is 5.56 Å². The van der Waals surface area contributed by atoms with Crippen molar-refractivity contribution in [3.05, 3.63) is 70.6 Å². The number of nitrogens with two attached hydrogens (primary N) is 1. The summed E-state index contributed by atoms with van der Waals surface area (Å²) in [6.07, 6.45) is 1.58. The summed E-state index contributed by atoms with van der Waals surface area (Å²) in [5.41, 5.74) is 0.756. The van der Waals surface area contributed by atoms with Gasteiger partial charge in [0.2, 0.25) is 5.78 Å². The van der Waals surface area contributed by atoms with Gasteiger partial charge in [-0.1, -0.05) is 17.7 Å². The van der Waals surface area contributed by atoms with Gasteiger partial charge in [0, 0.05) is 23.3 Å². The van der Waals surface area contributed by atoms with E-state index >= 15 is 0 Å². The van der Waals surface area contributed by atoms with Crippen LogP contribution in [0.2, 0.25) is 5.02 Å². The smallest absolute Gasteiger partial charge is 0.333 e. The summed E-state index contributed by atoms with van der Waals surface area (Å²) in [5.74, 6) is -1.61. The molecule has 1 fully saturated rings. The van der Waals surface area contributed by atoms with Crippen LogP contribution in [0.1, 0.15) is 28.0 Å². The second-order valence-corrected chi connectivity index (χ2v) is 9.88. The predicted molar refractivity (Wildman–Crippen MR) is 125 cm³/mol. The lowest BCUT2D eigenvalue weighted by atomic mass is 10.1. The third-order valence-electron chi connectivity index (χ3n) is 5.75. The fraction of sp³-hybridized carbons (Fsp3) is 0.333. The molecule has 0 saturated heterocycles. The number of rotatable bonds is 9. The number of ketones is 1. The number of nitrogens with zero attached hydrogens (tertiary/aromatic N) is 4. The summed E-state index contributed by atoms with van der Waals surface area (Å²) in [5, 5.41) is 32.9. The Bertz CT molecular complexity index is 1370. The molecule has 12 nitrogen and oxygen atoms in total. The van der Waals surface area contributed by atoms with E-state index in [1.807, 2.05) is 0 Å². The Labute approximate surface area is 210 Å². The third kappa shape index (κ3) is 6.03. The monoisotopic (exact) mass is 540 g/mol. The summed E-state index contributed by atoms with van der Waals surface area (Å²) in [4.78, 5) is 21.1. The zero-order chi connectivity index (χ0) is 26.0. The maximum Gasteiger partial charge on any atom is 0.333 e. The molecule has 5 N–H and O–H groups in total. The molecule has 1 aliphatic rings. The molecular formula is C21H22ClFN6O6S. The van der Waals surface area contributed by atoms with E-state index < -0.39 is 52.7 Å². The van der Waals surface area contributed by atoms with Gasteiger partial charge in [-0.2, -0.15) is 13.5 Å². The topological polar surface area (TPSA) is 183 Å². The number of carbonyl (C=O) groups excluding carboxylic acids is 1. The summed E-state index contributed by atoms with van der Waals surface area (Å²) in [6.45, 7) is -0.211. The lowest BCUT2D eigenvalue weighted by Crippen LogP contribution is -2.36. The summed E-state index contributed by atoms with van der Waals surface area (Å²) < 4.78 is 41.4. The molecular weight excluding hydrogens is 519 g/mol. The van der Waals surface area contributed by atoms with Crippen LogP contribution in [0.15, 0.2) is 43.0 Å². The van der Waals surface area contributed by atoms with Crippen molar-refractivity contribution in [2.75, 3.05) is 11.9 Å². The fourth-order valence-corrected chi connectivity index (χ4v) is 4.53. The Morgan fingerprint density at radius 2 is 2.08 bits per heavy atom. The van der Waals surface area contributed by atoms with Crippen LogP contribution in [0.5, 0.6) is 0 Å². The van der Waals surface area contributed by atoms with Gasteiger partial charge in [-0.05, 0) is 30.2 Å². The van der Waals surface area contributed by atoms with Gasteiger partial charge in [-0.3, -0.25) is 13.7 Å². The summed E-state index contributed by atoms with van der Waals surface area (Å²) in [6, 6.07) is 4.71. The Morgan fingerprint density at radius 3 is 2.81 bits per heavy atom. The SMILES string of the molecule is NS(=O)(=O)OC[C@H]1C[C@@H](Nc2ncncc2C(=O)c2ccn(Cc3ccc(F)cc3Cl)n2)[C@H](O)[C@@H]1O. The fourth-order valence-electron chi connectivity index (χ4n) is 3.93. The van der Waals surface area contributed by atoms with E-state index in [2.05, 4.69) is 24.6 Å². The highest BCUT2D eigenvalue weighted by atomic mass is 35.5. The Balaban J connectivity index is 1.48. The van der Waals surface area contributed by atoms with E-state index in [-0.39, 0.29) is 35.1 Å². The minimum Gasteiger partial charge on any atom is -0.390 e. The van der Waals surface area contributed by atoms with Gasteiger partial charge in [0.25, 0.3) is 0 Å². The van der Waals surface area contributed by atoms with Gasteiger partial charge in [0.1, 0.15) is 29.8 Å². The molecule has 3 aromatic rings. The first-order valence-electron chi connectivity index (χ1n) is 10.6. The molecule has 2 aromatic heterocycles. The van der Waals surface area contributed by atoms with Crippen LogP contribution in [-0.4, -0.2) is 69.0 Å². The largest absolute Gasteiger partial charge is 0.390 e. The van der Waals surface area contributed by atoms with Crippen LogP contribution < -0.4 is 10.5 Å². The number of benzene rings is 1. The Kier molecular flexibility index (Phi) is 7.63. The predicted octanol–water partition coefficient (Wildman–Crippen LogP) is 0.487. The number of aromatic nitrogens is 4. The van der Waals surface area contributed by atoms with E-state index in [9.17, 15) is 27.8 Å². The number of halogens is 2. The first-order chi connectivity index (χ1) is 17.0. The van der Waals surface area contributed by atoms with Gasteiger partial charge in [0.05, 0.1) is 30.9 Å². The molecule has 1 aromatic carbocycles. The second-order valence-electron chi connectivity index (χ2n) is 8.25. The number of hydrogen-bond acceptors (Lipinski definition) is 10. The molecule has 192 valence electrons. The minimum atomic E-state index is -4.21. The zero-order valence-electron chi connectivity index (χ0n) is 18.5. The first kappa shape index (κ1) is 26.1. The second kappa shape index (κ2) is 10.5. The number of carbonyl (C=O) groups is 1. The number of aliphatic hydroxyl groups excluding tert-OH is 2. The van der Waals surface area contributed by atoms with E-state index in [1.54, 1.807) is 6.20 Å². The van der Waals surface area contributed by atoms with Crippen molar-refractivity contribution in [2.45, 2.75) is 31.2 Å². The van der Waals surface area contributed by atoms with Crippen LogP contribution >= 0.6 is 11.6 Å². The van der Waals surface area contributed by atoms with Crippen molar-refractivity contribution >= 4 is 33.5 Å².